The fourth-order valence-corrected chi connectivity index (χ4v) is 2.45. The molecular formula is C20H17F3N4O2. The summed E-state index contributed by atoms with van der Waals surface area (Å²) >= 11 is 0. The minimum atomic E-state index is -4.50. The zero-order valence-corrected chi connectivity index (χ0v) is 15.1. The Kier molecular flexibility index (Phi) is 6.28. The van der Waals surface area contributed by atoms with E-state index in [2.05, 4.69) is 20.6 Å². The number of anilines is 1. The minimum absolute atomic E-state index is 0.0913. The van der Waals surface area contributed by atoms with Gasteiger partial charge in [0.2, 0.25) is 0 Å². The van der Waals surface area contributed by atoms with Crippen molar-refractivity contribution in [2.45, 2.75) is 6.18 Å². The molecule has 0 aliphatic heterocycles. The smallest absolute Gasteiger partial charge is 0.419 e. The SMILES string of the molecule is O=C(NCCNc1ncccc1C(F)(F)F)c1ccc(Oc2cccnc2)cc1. The Labute approximate surface area is 164 Å². The van der Waals surface area contributed by atoms with Crippen molar-refractivity contribution in [2.75, 3.05) is 18.4 Å². The van der Waals surface area contributed by atoms with E-state index < -0.39 is 11.7 Å². The van der Waals surface area contributed by atoms with Gasteiger partial charge in [-0.2, -0.15) is 13.2 Å². The lowest BCUT2D eigenvalue weighted by Gasteiger charge is -2.13. The van der Waals surface area contributed by atoms with Gasteiger partial charge in [-0.05, 0) is 48.5 Å². The number of carbonyl (C=O) groups is 1. The highest BCUT2D eigenvalue weighted by Crippen LogP contribution is 2.33. The third-order valence-electron chi connectivity index (χ3n) is 3.80. The van der Waals surface area contributed by atoms with Gasteiger partial charge in [0.25, 0.3) is 5.91 Å². The van der Waals surface area contributed by atoms with Gasteiger partial charge < -0.3 is 15.4 Å². The summed E-state index contributed by atoms with van der Waals surface area (Å²) < 4.78 is 44.3. The number of aromatic nitrogens is 2. The third kappa shape index (κ3) is 5.68. The van der Waals surface area contributed by atoms with Crippen molar-refractivity contribution in [3.05, 3.63) is 78.2 Å². The molecule has 0 atom stereocenters. The summed E-state index contributed by atoms with van der Waals surface area (Å²) in [4.78, 5) is 19.8. The molecular weight excluding hydrogens is 385 g/mol. The maximum atomic E-state index is 12.9. The van der Waals surface area contributed by atoms with Gasteiger partial charge in [0.1, 0.15) is 17.3 Å². The van der Waals surface area contributed by atoms with Crippen LogP contribution in [0.15, 0.2) is 67.1 Å². The number of amides is 1. The third-order valence-corrected chi connectivity index (χ3v) is 3.80. The van der Waals surface area contributed by atoms with E-state index in [4.69, 9.17) is 4.74 Å². The number of hydrogen-bond donors (Lipinski definition) is 2. The first-order valence-corrected chi connectivity index (χ1v) is 8.66. The molecule has 0 unspecified atom stereocenters. The standard InChI is InChI=1S/C20H17F3N4O2/c21-20(22,23)17-4-2-10-25-18(17)26-11-12-27-19(28)14-5-7-15(8-6-14)29-16-3-1-9-24-13-16/h1-10,13H,11-12H2,(H,25,26)(H,27,28). The van der Waals surface area contributed by atoms with Crippen LogP contribution in [0.4, 0.5) is 19.0 Å². The molecule has 0 spiro atoms. The highest BCUT2D eigenvalue weighted by Gasteiger charge is 2.33. The van der Waals surface area contributed by atoms with Crippen LogP contribution in [-0.2, 0) is 6.18 Å². The van der Waals surface area contributed by atoms with Crippen LogP contribution < -0.4 is 15.4 Å². The van der Waals surface area contributed by atoms with E-state index >= 15 is 0 Å². The van der Waals surface area contributed by atoms with E-state index in [9.17, 15) is 18.0 Å². The van der Waals surface area contributed by atoms with Crippen molar-refractivity contribution in [1.82, 2.24) is 15.3 Å². The summed E-state index contributed by atoms with van der Waals surface area (Å²) in [6.07, 6.45) is -0.0306. The molecule has 3 rings (SSSR count). The molecule has 0 fully saturated rings. The van der Waals surface area contributed by atoms with Crippen LogP contribution >= 0.6 is 0 Å². The molecule has 0 radical (unpaired) electrons. The van der Waals surface area contributed by atoms with Gasteiger partial charge in [-0.15, -0.1) is 0 Å². The number of ether oxygens (including phenoxy) is 1. The van der Waals surface area contributed by atoms with Gasteiger partial charge in [0.15, 0.2) is 0 Å². The van der Waals surface area contributed by atoms with Crippen LogP contribution in [0.25, 0.3) is 0 Å². The van der Waals surface area contributed by atoms with Crippen molar-refractivity contribution in [3.63, 3.8) is 0 Å². The van der Waals surface area contributed by atoms with Gasteiger partial charge in [-0.3, -0.25) is 9.78 Å². The van der Waals surface area contributed by atoms with Crippen molar-refractivity contribution < 1.29 is 22.7 Å². The average molecular weight is 402 g/mol. The van der Waals surface area contributed by atoms with E-state index in [1.165, 1.54) is 12.3 Å². The number of alkyl halides is 3. The molecule has 1 amide bonds. The fraction of sp³-hybridized carbons (Fsp3) is 0.150. The van der Waals surface area contributed by atoms with E-state index in [1.54, 1.807) is 48.8 Å². The van der Waals surface area contributed by atoms with E-state index in [-0.39, 0.29) is 24.8 Å². The Morgan fingerprint density at radius 1 is 0.966 bits per heavy atom. The first-order chi connectivity index (χ1) is 13.9. The number of hydrogen-bond acceptors (Lipinski definition) is 5. The molecule has 0 saturated heterocycles. The Bertz CT molecular complexity index is 948. The molecule has 150 valence electrons. The van der Waals surface area contributed by atoms with Gasteiger partial charge >= 0.3 is 6.18 Å². The molecule has 6 nitrogen and oxygen atoms in total. The summed E-state index contributed by atoms with van der Waals surface area (Å²) in [6.45, 7) is 0.217. The summed E-state index contributed by atoms with van der Waals surface area (Å²) in [5.74, 6) is 0.498. The van der Waals surface area contributed by atoms with E-state index in [0.29, 0.717) is 17.1 Å². The van der Waals surface area contributed by atoms with Crippen molar-refractivity contribution in [3.8, 4) is 11.5 Å². The van der Waals surface area contributed by atoms with Crippen LogP contribution in [0.1, 0.15) is 15.9 Å². The van der Waals surface area contributed by atoms with Gasteiger partial charge in [-0.25, -0.2) is 4.98 Å². The van der Waals surface area contributed by atoms with Gasteiger partial charge in [0, 0.05) is 31.0 Å². The Morgan fingerprint density at radius 3 is 2.41 bits per heavy atom. The summed E-state index contributed by atoms with van der Waals surface area (Å²) in [5.41, 5.74) is -0.451. The zero-order chi connectivity index (χ0) is 20.7. The van der Waals surface area contributed by atoms with Crippen LogP contribution in [0, 0.1) is 0 Å². The number of carbonyl (C=O) groups excluding carboxylic acids is 1. The zero-order valence-electron chi connectivity index (χ0n) is 15.1. The first-order valence-electron chi connectivity index (χ1n) is 8.66. The lowest BCUT2D eigenvalue weighted by Crippen LogP contribution is -2.29. The molecule has 9 heteroatoms. The molecule has 29 heavy (non-hydrogen) atoms. The molecule has 2 N–H and O–H groups in total. The number of nitrogens with one attached hydrogen (secondary N) is 2. The second-order valence-electron chi connectivity index (χ2n) is 5.90. The molecule has 0 aliphatic carbocycles. The van der Waals surface area contributed by atoms with Crippen molar-refractivity contribution in [1.29, 1.82) is 0 Å². The predicted molar refractivity (Wildman–Crippen MR) is 101 cm³/mol. The molecule has 0 aliphatic rings. The second kappa shape index (κ2) is 9.05. The summed E-state index contributed by atoms with van der Waals surface area (Å²) in [6, 6.07) is 12.1. The molecule has 0 saturated carbocycles. The second-order valence-corrected chi connectivity index (χ2v) is 5.90. The van der Waals surface area contributed by atoms with Gasteiger partial charge in [0.05, 0.1) is 11.8 Å². The minimum Gasteiger partial charge on any atom is -0.456 e. The highest BCUT2D eigenvalue weighted by molar-refractivity contribution is 5.94. The molecule has 0 bridgehead atoms. The van der Waals surface area contributed by atoms with E-state index in [0.717, 1.165) is 6.07 Å². The highest BCUT2D eigenvalue weighted by atomic mass is 19.4. The molecule has 2 aromatic heterocycles. The van der Waals surface area contributed by atoms with Crippen molar-refractivity contribution in [2.24, 2.45) is 0 Å². The van der Waals surface area contributed by atoms with Crippen molar-refractivity contribution >= 4 is 11.7 Å². The Balaban J connectivity index is 1.49. The number of halogens is 3. The fourth-order valence-electron chi connectivity index (χ4n) is 2.45. The first kappa shape index (κ1) is 20.1. The van der Waals surface area contributed by atoms with E-state index in [1.807, 2.05) is 0 Å². The van der Waals surface area contributed by atoms with Crippen LogP contribution in [0.2, 0.25) is 0 Å². The average Bonchev–Trinajstić information content (AvgIpc) is 2.72. The number of pyridine rings is 2. The molecule has 1 aromatic carbocycles. The molecule has 2 heterocycles. The van der Waals surface area contributed by atoms with Gasteiger partial charge in [-0.1, -0.05) is 0 Å². The molecule has 3 aromatic rings. The largest absolute Gasteiger partial charge is 0.456 e. The van der Waals surface area contributed by atoms with Crippen LogP contribution in [-0.4, -0.2) is 29.0 Å². The quantitative estimate of drug-likeness (QED) is 0.581. The summed E-state index contributed by atoms with van der Waals surface area (Å²) in [5, 5.41) is 5.23. The maximum absolute atomic E-state index is 12.9. The monoisotopic (exact) mass is 402 g/mol. The van der Waals surface area contributed by atoms with Crippen LogP contribution in [0.3, 0.4) is 0 Å². The maximum Gasteiger partial charge on any atom is 0.419 e. The number of rotatable bonds is 7. The normalized spacial score (nSPS) is 11.0. The number of nitrogens with zero attached hydrogens (tertiary/aromatic N) is 2. The van der Waals surface area contributed by atoms with Crippen LogP contribution in [0.5, 0.6) is 11.5 Å². The Morgan fingerprint density at radius 2 is 1.72 bits per heavy atom. The summed E-state index contributed by atoms with van der Waals surface area (Å²) in [7, 11) is 0. The number of benzene rings is 1. The lowest BCUT2D eigenvalue weighted by atomic mass is 10.2. The topological polar surface area (TPSA) is 76.1 Å². The lowest BCUT2D eigenvalue weighted by molar-refractivity contribution is -0.137. The predicted octanol–water partition coefficient (Wildman–Crippen LogP) is 4.13. The Hall–Kier alpha value is -3.62.